The number of nitrogens with zero attached hydrogens (tertiary/aromatic N) is 3. The minimum Gasteiger partial charge on any atom is -0.378 e. The highest BCUT2D eigenvalue weighted by Gasteiger charge is 2.35. The van der Waals surface area contributed by atoms with E-state index in [0.29, 0.717) is 31.9 Å². The number of hydrogen-bond donors (Lipinski definition) is 1. The molecule has 2 aromatic carbocycles. The van der Waals surface area contributed by atoms with E-state index in [2.05, 4.69) is 22.3 Å². The van der Waals surface area contributed by atoms with Crippen molar-refractivity contribution in [2.45, 2.75) is 12.6 Å². The van der Waals surface area contributed by atoms with Gasteiger partial charge in [-0.25, -0.2) is 4.79 Å². The van der Waals surface area contributed by atoms with Crippen molar-refractivity contribution < 1.29 is 18.0 Å². The lowest BCUT2D eigenvalue weighted by Crippen LogP contribution is -2.50. The van der Waals surface area contributed by atoms with E-state index < -0.39 is 17.8 Å². The van der Waals surface area contributed by atoms with Gasteiger partial charge in [0.05, 0.1) is 11.3 Å². The van der Waals surface area contributed by atoms with Crippen molar-refractivity contribution in [1.29, 1.82) is 0 Å². The summed E-state index contributed by atoms with van der Waals surface area (Å²) < 4.78 is 40.4. The predicted octanol–water partition coefficient (Wildman–Crippen LogP) is 4.16. The molecule has 1 heterocycles. The van der Waals surface area contributed by atoms with Gasteiger partial charge in [0.15, 0.2) is 0 Å². The molecule has 1 N–H and O–H groups in total. The van der Waals surface area contributed by atoms with E-state index in [1.807, 2.05) is 18.2 Å². The molecule has 3 rings (SSSR count). The van der Waals surface area contributed by atoms with Crippen molar-refractivity contribution in [2.24, 2.45) is 0 Å². The van der Waals surface area contributed by atoms with Crippen LogP contribution in [-0.2, 0) is 12.6 Å². The van der Waals surface area contributed by atoms with Crippen molar-refractivity contribution in [3.8, 4) is 0 Å². The average Bonchev–Trinajstić information content (AvgIpc) is 2.72. The maximum absolute atomic E-state index is 13.5. The first-order valence-electron chi connectivity index (χ1n) is 9.95. The molecule has 0 saturated carbocycles. The van der Waals surface area contributed by atoms with Crippen LogP contribution in [0.4, 0.5) is 29.3 Å². The highest BCUT2D eigenvalue weighted by molar-refractivity contribution is 5.90. The number of urea groups is 1. The number of carbonyl (C=O) groups excluding carboxylic acids is 1. The molecule has 30 heavy (non-hydrogen) atoms. The molecule has 0 spiro atoms. The maximum Gasteiger partial charge on any atom is 0.418 e. The van der Waals surface area contributed by atoms with Crippen LogP contribution in [0, 0.1) is 0 Å². The summed E-state index contributed by atoms with van der Waals surface area (Å²) in [6, 6.07) is 13.6. The molecule has 1 aliphatic rings. The van der Waals surface area contributed by atoms with Crippen LogP contribution in [0.2, 0.25) is 0 Å². The van der Waals surface area contributed by atoms with Crippen LogP contribution in [0.3, 0.4) is 0 Å². The number of carbonyl (C=O) groups is 1. The van der Waals surface area contributed by atoms with Crippen LogP contribution in [0.15, 0.2) is 48.5 Å². The van der Waals surface area contributed by atoms with Gasteiger partial charge in [0.1, 0.15) is 0 Å². The smallest absolute Gasteiger partial charge is 0.378 e. The van der Waals surface area contributed by atoms with Gasteiger partial charge in [0.2, 0.25) is 0 Å². The molecule has 162 valence electrons. The number of benzene rings is 2. The number of alkyl halides is 3. The summed E-state index contributed by atoms with van der Waals surface area (Å²) in [6.45, 7) is 3.26. The van der Waals surface area contributed by atoms with Crippen molar-refractivity contribution in [3.63, 3.8) is 0 Å². The van der Waals surface area contributed by atoms with E-state index in [4.69, 9.17) is 0 Å². The fourth-order valence-electron chi connectivity index (χ4n) is 3.45. The second kappa shape index (κ2) is 9.38. The summed E-state index contributed by atoms with van der Waals surface area (Å²) in [5.41, 5.74) is 0.624. The van der Waals surface area contributed by atoms with Crippen molar-refractivity contribution >= 4 is 17.4 Å². The number of piperazine rings is 1. The summed E-state index contributed by atoms with van der Waals surface area (Å²) in [6.07, 6.45) is -3.62. The minimum absolute atomic E-state index is 0.218. The Morgan fingerprint density at radius 3 is 2.30 bits per heavy atom. The summed E-state index contributed by atoms with van der Waals surface area (Å²) in [7, 11) is 3.34. The molecule has 0 aliphatic carbocycles. The standard InChI is InChI=1S/C22H27F3N4O/c1-27(2)18-8-9-20(19(16-18)22(23,24)25)26-21(30)29-14-12-28(13-15-29)11-10-17-6-4-3-5-7-17/h3-9,16H,10-15H2,1-2H3,(H,26,30). The van der Waals surface area contributed by atoms with Gasteiger partial charge >= 0.3 is 12.2 Å². The predicted molar refractivity (Wildman–Crippen MR) is 113 cm³/mol. The van der Waals surface area contributed by atoms with Gasteiger partial charge in [0, 0.05) is 52.5 Å². The van der Waals surface area contributed by atoms with Crippen molar-refractivity contribution in [1.82, 2.24) is 9.80 Å². The quantitative estimate of drug-likeness (QED) is 0.789. The Morgan fingerprint density at radius 2 is 1.70 bits per heavy atom. The van der Waals surface area contributed by atoms with E-state index in [-0.39, 0.29) is 5.69 Å². The molecule has 8 heteroatoms. The monoisotopic (exact) mass is 420 g/mol. The van der Waals surface area contributed by atoms with Gasteiger partial charge in [-0.2, -0.15) is 13.2 Å². The Kier molecular flexibility index (Phi) is 6.87. The third kappa shape index (κ3) is 5.66. The molecular formula is C22H27F3N4O. The van der Waals surface area contributed by atoms with Crippen LogP contribution in [0.1, 0.15) is 11.1 Å². The molecule has 5 nitrogen and oxygen atoms in total. The van der Waals surface area contributed by atoms with Crippen LogP contribution in [0.25, 0.3) is 0 Å². The Bertz CT molecular complexity index is 847. The lowest BCUT2D eigenvalue weighted by molar-refractivity contribution is -0.136. The fraction of sp³-hybridized carbons (Fsp3) is 0.409. The lowest BCUT2D eigenvalue weighted by Gasteiger charge is -2.35. The molecule has 1 fully saturated rings. The molecule has 0 bridgehead atoms. The molecule has 2 amide bonds. The highest BCUT2D eigenvalue weighted by atomic mass is 19.4. The lowest BCUT2D eigenvalue weighted by atomic mass is 10.1. The summed E-state index contributed by atoms with van der Waals surface area (Å²) in [5, 5.41) is 2.46. The third-order valence-corrected chi connectivity index (χ3v) is 5.29. The van der Waals surface area contributed by atoms with Crippen molar-refractivity contribution in [3.05, 3.63) is 59.7 Å². The molecule has 2 aromatic rings. The van der Waals surface area contributed by atoms with E-state index in [1.54, 1.807) is 30.0 Å². The zero-order valence-electron chi connectivity index (χ0n) is 17.2. The van der Waals surface area contributed by atoms with Gasteiger partial charge in [-0.1, -0.05) is 30.3 Å². The number of halogens is 3. The fourth-order valence-corrected chi connectivity index (χ4v) is 3.45. The molecule has 1 saturated heterocycles. The second-order valence-corrected chi connectivity index (χ2v) is 7.62. The Labute approximate surface area is 175 Å². The minimum atomic E-state index is -4.55. The van der Waals surface area contributed by atoms with Crippen molar-refractivity contribution in [2.75, 3.05) is 57.0 Å². The first-order chi connectivity index (χ1) is 14.2. The van der Waals surface area contributed by atoms with Gasteiger partial charge in [-0.05, 0) is 30.2 Å². The molecule has 1 aliphatic heterocycles. The maximum atomic E-state index is 13.5. The topological polar surface area (TPSA) is 38.8 Å². The summed E-state index contributed by atoms with van der Waals surface area (Å²) in [5.74, 6) is 0. The largest absolute Gasteiger partial charge is 0.418 e. The molecular weight excluding hydrogens is 393 g/mol. The van der Waals surface area contributed by atoms with Crippen LogP contribution >= 0.6 is 0 Å². The normalized spacial score (nSPS) is 15.2. The Balaban J connectivity index is 1.57. The molecule has 0 unspecified atom stereocenters. The molecule has 0 radical (unpaired) electrons. The Morgan fingerprint density at radius 1 is 1.03 bits per heavy atom. The first-order valence-corrected chi connectivity index (χ1v) is 9.95. The summed E-state index contributed by atoms with van der Waals surface area (Å²) >= 11 is 0. The van der Waals surface area contributed by atoms with Crippen LogP contribution in [0.5, 0.6) is 0 Å². The zero-order chi connectivity index (χ0) is 21.7. The molecule has 0 atom stereocenters. The van der Waals surface area contributed by atoms with Gasteiger partial charge < -0.3 is 15.1 Å². The third-order valence-electron chi connectivity index (χ3n) is 5.29. The zero-order valence-corrected chi connectivity index (χ0v) is 17.2. The number of amides is 2. The summed E-state index contributed by atoms with van der Waals surface area (Å²) in [4.78, 5) is 18.0. The van der Waals surface area contributed by atoms with Crippen LogP contribution in [-0.4, -0.2) is 62.7 Å². The number of hydrogen-bond acceptors (Lipinski definition) is 3. The van der Waals surface area contributed by atoms with E-state index >= 15 is 0 Å². The Hall–Kier alpha value is -2.74. The second-order valence-electron chi connectivity index (χ2n) is 7.62. The average molecular weight is 420 g/mol. The first kappa shape index (κ1) is 22.0. The van der Waals surface area contributed by atoms with Crippen LogP contribution < -0.4 is 10.2 Å². The number of rotatable bonds is 5. The van der Waals surface area contributed by atoms with Gasteiger partial charge in [0.25, 0.3) is 0 Å². The van der Waals surface area contributed by atoms with Gasteiger partial charge in [-0.3, -0.25) is 4.90 Å². The molecule has 0 aromatic heterocycles. The highest BCUT2D eigenvalue weighted by Crippen LogP contribution is 2.37. The van der Waals surface area contributed by atoms with E-state index in [0.717, 1.165) is 19.0 Å². The van der Waals surface area contributed by atoms with Gasteiger partial charge in [-0.15, -0.1) is 0 Å². The van der Waals surface area contributed by atoms with E-state index in [9.17, 15) is 18.0 Å². The number of anilines is 2. The SMILES string of the molecule is CN(C)c1ccc(NC(=O)N2CCN(CCc3ccccc3)CC2)c(C(F)(F)F)c1. The van der Waals surface area contributed by atoms with E-state index in [1.165, 1.54) is 11.6 Å². The number of nitrogens with one attached hydrogen (secondary N) is 1.